The van der Waals surface area contributed by atoms with Gasteiger partial charge in [0.05, 0.1) is 0 Å². The molecule has 1 saturated carbocycles. The molecule has 1 radical (unpaired) electrons. The van der Waals surface area contributed by atoms with E-state index in [2.05, 4.69) is 20.3 Å². The average Bonchev–Trinajstić information content (AvgIpc) is 2.15. The first-order valence-corrected chi connectivity index (χ1v) is 4.10. The zero-order chi connectivity index (χ0) is 6.69. The molecule has 0 bridgehead atoms. The van der Waals surface area contributed by atoms with Crippen LogP contribution in [-0.2, 0) is 0 Å². The van der Waals surface area contributed by atoms with Gasteiger partial charge in [0.1, 0.15) is 0 Å². The van der Waals surface area contributed by atoms with Gasteiger partial charge in [0, 0.05) is 0 Å². The van der Waals surface area contributed by atoms with Gasteiger partial charge in [-0.1, -0.05) is 20.3 Å². The second-order valence-electron chi connectivity index (χ2n) is 3.60. The molecule has 0 nitrogen and oxygen atoms in total. The first-order chi connectivity index (χ1) is 4.29. The van der Waals surface area contributed by atoms with Gasteiger partial charge in [0.25, 0.3) is 0 Å². The number of hydrogen-bond acceptors (Lipinski definition) is 0. The third kappa shape index (κ3) is 2.38. The molecule has 1 unspecified atom stereocenters. The van der Waals surface area contributed by atoms with E-state index in [4.69, 9.17) is 0 Å². The lowest BCUT2D eigenvalue weighted by Crippen LogP contribution is -1.98. The van der Waals surface area contributed by atoms with E-state index in [1.165, 1.54) is 25.7 Å². The van der Waals surface area contributed by atoms with E-state index in [9.17, 15) is 0 Å². The largest absolute Gasteiger partial charge is 0.0628 e. The number of rotatable bonds is 2. The van der Waals surface area contributed by atoms with Crippen LogP contribution in [0.15, 0.2) is 0 Å². The zero-order valence-electron chi connectivity index (χ0n) is 6.56. The molecule has 1 aliphatic carbocycles. The van der Waals surface area contributed by atoms with Gasteiger partial charge in [-0.15, -0.1) is 0 Å². The SMILES string of the molecule is CC(C)CC1C[CH]CC1. The summed E-state index contributed by atoms with van der Waals surface area (Å²) < 4.78 is 0. The lowest BCUT2D eigenvalue weighted by Gasteiger charge is -2.10. The Hall–Kier alpha value is 0. The van der Waals surface area contributed by atoms with E-state index in [1.807, 2.05) is 0 Å². The van der Waals surface area contributed by atoms with Crippen LogP contribution in [-0.4, -0.2) is 0 Å². The van der Waals surface area contributed by atoms with E-state index in [0.717, 1.165) is 11.8 Å². The highest BCUT2D eigenvalue weighted by Crippen LogP contribution is 2.29. The standard InChI is InChI=1S/C9H17/c1-8(2)7-9-5-3-4-6-9/h3,8-9H,4-7H2,1-2H3. The van der Waals surface area contributed by atoms with Crippen molar-refractivity contribution >= 4 is 0 Å². The molecule has 1 fully saturated rings. The molecule has 53 valence electrons. The summed E-state index contributed by atoms with van der Waals surface area (Å²) in [5.41, 5.74) is 0. The normalized spacial score (nSPS) is 21.7. The predicted molar refractivity (Wildman–Crippen MR) is 41.1 cm³/mol. The van der Waals surface area contributed by atoms with Gasteiger partial charge in [0.15, 0.2) is 0 Å². The molecule has 0 heterocycles. The fraction of sp³-hybridized carbons (Fsp3) is 0.889. The first kappa shape index (κ1) is 7.11. The van der Waals surface area contributed by atoms with E-state index >= 15 is 0 Å². The smallest absolute Gasteiger partial charge is 0.0383 e. The van der Waals surface area contributed by atoms with E-state index < -0.39 is 0 Å². The zero-order valence-corrected chi connectivity index (χ0v) is 6.56. The van der Waals surface area contributed by atoms with Crippen LogP contribution in [0.5, 0.6) is 0 Å². The van der Waals surface area contributed by atoms with Crippen LogP contribution >= 0.6 is 0 Å². The van der Waals surface area contributed by atoms with Crippen molar-refractivity contribution in [1.82, 2.24) is 0 Å². The lowest BCUT2D eigenvalue weighted by molar-refractivity contribution is 0.423. The van der Waals surface area contributed by atoms with Crippen LogP contribution in [0.1, 0.15) is 39.5 Å². The topological polar surface area (TPSA) is 0 Å². The molecular weight excluding hydrogens is 108 g/mol. The maximum atomic E-state index is 2.44. The van der Waals surface area contributed by atoms with Crippen LogP contribution < -0.4 is 0 Å². The molecule has 0 heteroatoms. The van der Waals surface area contributed by atoms with Crippen molar-refractivity contribution in [3.63, 3.8) is 0 Å². The van der Waals surface area contributed by atoms with Crippen molar-refractivity contribution in [1.29, 1.82) is 0 Å². The highest BCUT2D eigenvalue weighted by Gasteiger charge is 2.15. The fourth-order valence-corrected chi connectivity index (χ4v) is 1.71. The van der Waals surface area contributed by atoms with Crippen molar-refractivity contribution in [3.8, 4) is 0 Å². The van der Waals surface area contributed by atoms with Gasteiger partial charge in [-0.3, -0.25) is 0 Å². The van der Waals surface area contributed by atoms with Crippen LogP contribution in [0.25, 0.3) is 0 Å². The highest BCUT2D eigenvalue weighted by atomic mass is 14.2. The van der Waals surface area contributed by atoms with Crippen LogP contribution in [0.2, 0.25) is 0 Å². The molecule has 1 rings (SSSR count). The van der Waals surface area contributed by atoms with E-state index in [1.54, 1.807) is 0 Å². The van der Waals surface area contributed by atoms with Gasteiger partial charge >= 0.3 is 0 Å². The molecule has 1 aliphatic rings. The maximum Gasteiger partial charge on any atom is -0.0383 e. The van der Waals surface area contributed by atoms with Crippen LogP contribution in [0.3, 0.4) is 0 Å². The van der Waals surface area contributed by atoms with Gasteiger partial charge < -0.3 is 0 Å². The first-order valence-electron chi connectivity index (χ1n) is 4.10. The molecule has 0 aromatic carbocycles. The summed E-state index contributed by atoms with van der Waals surface area (Å²) in [6.07, 6.45) is 8.09. The summed E-state index contributed by atoms with van der Waals surface area (Å²) in [4.78, 5) is 0. The third-order valence-corrected chi connectivity index (χ3v) is 2.08. The maximum absolute atomic E-state index is 2.44. The van der Waals surface area contributed by atoms with E-state index in [-0.39, 0.29) is 0 Å². The summed E-state index contributed by atoms with van der Waals surface area (Å²) in [7, 11) is 0. The quantitative estimate of drug-likeness (QED) is 0.532. The lowest BCUT2D eigenvalue weighted by atomic mass is 9.96. The van der Waals surface area contributed by atoms with Crippen LogP contribution in [0, 0.1) is 18.3 Å². The Morgan fingerprint density at radius 1 is 1.56 bits per heavy atom. The summed E-state index contributed by atoms with van der Waals surface area (Å²) in [5, 5.41) is 0. The summed E-state index contributed by atoms with van der Waals surface area (Å²) >= 11 is 0. The Kier molecular flexibility index (Phi) is 2.56. The molecular formula is C9H17. The van der Waals surface area contributed by atoms with Crippen LogP contribution in [0.4, 0.5) is 0 Å². The van der Waals surface area contributed by atoms with Crippen molar-refractivity contribution in [2.45, 2.75) is 39.5 Å². The molecule has 0 amide bonds. The minimum Gasteiger partial charge on any atom is -0.0628 e. The van der Waals surface area contributed by atoms with Gasteiger partial charge in [-0.25, -0.2) is 0 Å². The van der Waals surface area contributed by atoms with Crippen molar-refractivity contribution < 1.29 is 0 Å². The predicted octanol–water partition coefficient (Wildman–Crippen LogP) is 3.04. The molecule has 0 aromatic rings. The Morgan fingerprint density at radius 3 is 2.78 bits per heavy atom. The summed E-state index contributed by atoms with van der Waals surface area (Å²) in [5.74, 6) is 1.94. The molecule has 0 saturated heterocycles. The van der Waals surface area contributed by atoms with Crippen molar-refractivity contribution in [2.24, 2.45) is 11.8 Å². The Bertz CT molecular complexity index is 68.1. The molecule has 0 N–H and O–H groups in total. The average molecular weight is 125 g/mol. The Morgan fingerprint density at radius 2 is 2.33 bits per heavy atom. The Labute approximate surface area is 58.7 Å². The fourth-order valence-electron chi connectivity index (χ4n) is 1.71. The molecule has 0 aliphatic heterocycles. The molecule has 9 heavy (non-hydrogen) atoms. The van der Waals surface area contributed by atoms with Gasteiger partial charge in [0.2, 0.25) is 0 Å². The monoisotopic (exact) mass is 125 g/mol. The van der Waals surface area contributed by atoms with Gasteiger partial charge in [-0.05, 0) is 37.5 Å². The van der Waals surface area contributed by atoms with E-state index in [0.29, 0.717) is 0 Å². The minimum absolute atomic E-state index is 0.904. The summed E-state index contributed by atoms with van der Waals surface area (Å²) in [6.45, 7) is 4.64. The molecule has 1 atom stereocenters. The second kappa shape index (κ2) is 3.24. The number of hydrogen-bond donors (Lipinski definition) is 0. The third-order valence-electron chi connectivity index (χ3n) is 2.08. The highest BCUT2D eigenvalue weighted by molar-refractivity contribution is 4.80. The Balaban J connectivity index is 2.11. The molecule has 0 spiro atoms. The van der Waals surface area contributed by atoms with Crippen molar-refractivity contribution in [3.05, 3.63) is 6.42 Å². The van der Waals surface area contributed by atoms with Gasteiger partial charge in [-0.2, -0.15) is 0 Å². The molecule has 0 aromatic heterocycles. The minimum atomic E-state index is 0.904. The van der Waals surface area contributed by atoms with Crippen molar-refractivity contribution in [2.75, 3.05) is 0 Å². The second-order valence-corrected chi connectivity index (χ2v) is 3.60. The summed E-state index contributed by atoms with van der Waals surface area (Å²) in [6, 6.07) is 0.